The van der Waals surface area contributed by atoms with Crippen molar-refractivity contribution in [1.29, 1.82) is 0 Å². The van der Waals surface area contributed by atoms with E-state index < -0.39 is 6.10 Å². The van der Waals surface area contributed by atoms with E-state index in [0.29, 0.717) is 19.3 Å². The van der Waals surface area contributed by atoms with Gasteiger partial charge in [-0.05, 0) is 122 Å². The zero-order valence-corrected chi connectivity index (χ0v) is 44.8. The van der Waals surface area contributed by atoms with Crippen LogP contribution in [0, 0.1) is 0 Å². The molecule has 6 heteroatoms. The van der Waals surface area contributed by atoms with Gasteiger partial charge in [0.25, 0.3) is 0 Å². The van der Waals surface area contributed by atoms with Crippen LogP contribution in [0.1, 0.15) is 252 Å². The van der Waals surface area contributed by atoms with Crippen LogP contribution in [0.25, 0.3) is 0 Å². The van der Waals surface area contributed by atoms with E-state index >= 15 is 0 Å². The average molecular weight is 958 g/mol. The molecule has 0 saturated heterocycles. The van der Waals surface area contributed by atoms with E-state index in [1.165, 1.54) is 70.6 Å². The molecule has 69 heavy (non-hydrogen) atoms. The van der Waals surface area contributed by atoms with Crippen molar-refractivity contribution in [1.82, 2.24) is 0 Å². The molecule has 0 aliphatic carbocycles. The van der Waals surface area contributed by atoms with Crippen molar-refractivity contribution in [2.24, 2.45) is 0 Å². The third-order valence-corrected chi connectivity index (χ3v) is 11.7. The molecule has 0 aromatic rings. The standard InChI is InChI=1S/C63H104O6/c1-4-7-10-13-16-19-22-25-28-30-31-33-35-38-41-44-47-50-53-56-62(65)68-59-60(58-67-61(64)55-52-49-46-43-40-37-34-27-24-21-18-15-12-9-6-3)69-63(66)57-54-51-48-45-42-39-36-32-29-26-23-20-17-14-11-8-5-2/h8-9,11-12,16-21,25-29,31,33-34,60H,4-7,10,13-15,22-24,30,32,35-59H2,1-3H3/b11-8-,12-9-,19-16-,20-17-,21-18-,28-25-,29-26-,33-31-,34-27-. The molecule has 0 rings (SSSR count). The first-order valence-corrected chi connectivity index (χ1v) is 28.4. The normalized spacial score (nSPS) is 12.9. The van der Waals surface area contributed by atoms with E-state index in [-0.39, 0.29) is 31.1 Å². The van der Waals surface area contributed by atoms with E-state index in [0.717, 1.165) is 141 Å². The van der Waals surface area contributed by atoms with Gasteiger partial charge in [0, 0.05) is 19.3 Å². The Hall–Kier alpha value is -3.93. The van der Waals surface area contributed by atoms with Gasteiger partial charge in [0.05, 0.1) is 0 Å². The molecule has 0 aliphatic heterocycles. The Balaban J connectivity index is 4.46. The number of esters is 3. The molecular formula is C63H104O6. The van der Waals surface area contributed by atoms with Crippen LogP contribution in [0.4, 0.5) is 0 Å². The van der Waals surface area contributed by atoms with Crippen molar-refractivity contribution in [2.45, 2.75) is 258 Å². The van der Waals surface area contributed by atoms with Crippen LogP contribution >= 0.6 is 0 Å². The Bertz CT molecular complexity index is 1420. The van der Waals surface area contributed by atoms with Crippen molar-refractivity contribution < 1.29 is 28.6 Å². The zero-order valence-electron chi connectivity index (χ0n) is 44.8. The second kappa shape index (κ2) is 56.7. The van der Waals surface area contributed by atoms with Gasteiger partial charge in [0.2, 0.25) is 0 Å². The summed E-state index contributed by atoms with van der Waals surface area (Å²) in [4.78, 5) is 38.2. The Kier molecular flexibility index (Phi) is 53.4. The van der Waals surface area contributed by atoms with Crippen molar-refractivity contribution >= 4 is 17.9 Å². The fraction of sp³-hybridized carbons (Fsp3) is 0.667. The monoisotopic (exact) mass is 957 g/mol. The Morgan fingerprint density at radius 2 is 0.565 bits per heavy atom. The Morgan fingerprint density at radius 1 is 0.304 bits per heavy atom. The SMILES string of the molecule is CC/C=C\C/C=C\C/C=C\CCCCCCCCCC(=O)OC(COC(=O)CCCCCCC/C=C\C/C=C\C/C=C\CC)COC(=O)CCCCCCCC/C=C\C/C=C\C/C=C\CCCCC. The molecular weight excluding hydrogens is 853 g/mol. The first-order valence-electron chi connectivity index (χ1n) is 28.4. The topological polar surface area (TPSA) is 78.9 Å². The summed E-state index contributed by atoms with van der Waals surface area (Å²) in [5, 5.41) is 0. The molecule has 0 aromatic heterocycles. The summed E-state index contributed by atoms with van der Waals surface area (Å²) in [6.07, 6.45) is 76.4. The smallest absolute Gasteiger partial charge is 0.306 e. The Morgan fingerprint density at radius 3 is 0.884 bits per heavy atom. The van der Waals surface area contributed by atoms with Gasteiger partial charge < -0.3 is 14.2 Å². The molecule has 0 amide bonds. The second-order valence-electron chi connectivity index (χ2n) is 18.4. The lowest BCUT2D eigenvalue weighted by Crippen LogP contribution is -2.30. The minimum Gasteiger partial charge on any atom is -0.462 e. The van der Waals surface area contributed by atoms with Gasteiger partial charge in [-0.1, -0.05) is 220 Å². The molecule has 0 saturated carbocycles. The third-order valence-electron chi connectivity index (χ3n) is 11.7. The van der Waals surface area contributed by atoms with E-state index in [2.05, 4.69) is 130 Å². The van der Waals surface area contributed by atoms with Gasteiger partial charge in [-0.2, -0.15) is 0 Å². The predicted molar refractivity (Wildman–Crippen MR) is 297 cm³/mol. The predicted octanol–water partition coefficient (Wildman–Crippen LogP) is 19.1. The second-order valence-corrected chi connectivity index (χ2v) is 18.4. The fourth-order valence-corrected chi connectivity index (χ4v) is 7.54. The highest BCUT2D eigenvalue weighted by molar-refractivity contribution is 5.71. The highest BCUT2D eigenvalue weighted by Gasteiger charge is 2.19. The van der Waals surface area contributed by atoms with Crippen LogP contribution in [0.3, 0.4) is 0 Å². The van der Waals surface area contributed by atoms with Crippen molar-refractivity contribution in [3.63, 3.8) is 0 Å². The molecule has 0 N–H and O–H groups in total. The first kappa shape index (κ1) is 65.1. The molecule has 0 aromatic carbocycles. The molecule has 0 aliphatic rings. The number of hydrogen-bond acceptors (Lipinski definition) is 6. The van der Waals surface area contributed by atoms with Crippen LogP contribution in [-0.2, 0) is 28.6 Å². The number of hydrogen-bond donors (Lipinski definition) is 0. The molecule has 0 bridgehead atoms. The maximum Gasteiger partial charge on any atom is 0.306 e. The first-order chi connectivity index (χ1) is 34.0. The number of carbonyl (C=O) groups excluding carboxylic acids is 3. The molecule has 0 radical (unpaired) electrons. The van der Waals surface area contributed by atoms with Gasteiger partial charge >= 0.3 is 17.9 Å². The largest absolute Gasteiger partial charge is 0.462 e. The minimum atomic E-state index is -0.799. The van der Waals surface area contributed by atoms with Gasteiger partial charge in [-0.15, -0.1) is 0 Å². The van der Waals surface area contributed by atoms with Gasteiger partial charge in [0.1, 0.15) is 13.2 Å². The van der Waals surface area contributed by atoms with Gasteiger partial charge in [-0.25, -0.2) is 0 Å². The van der Waals surface area contributed by atoms with Gasteiger partial charge in [0.15, 0.2) is 6.10 Å². The molecule has 0 fully saturated rings. The quantitative estimate of drug-likeness (QED) is 0.0262. The van der Waals surface area contributed by atoms with Gasteiger partial charge in [-0.3, -0.25) is 14.4 Å². The highest BCUT2D eigenvalue weighted by Crippen LogP contribution is 2.14. The number of allylic oxidation sites excluding steroid dienone is 18. The molecule has 1 unspecified atom stereocenters. The molecule has 1 atom stereocenters. The average Bonchev–Trinajstić information content (AvgIpc) is 3.35. The minimum absolute atomic E-state index is 0.0963. The Labute approximate surface area is 425 Å². The summed E-state index contributed by atoms with van der Waals surface area (Å²) < 4.78 is 16.8. The van der Waals surface area contributed by atoms with Crippen molar-refractivity contribution in [3.05, 3.63) is 109 Å². The van der Waals surface area contributed by atoms with Crippen LogP contribution in [0.15, 0.2) is 109 Å². The summed E-state index contributed by atoms with van der Waals surface area (Å²) in [6.45, 7) is 6.36. The summed E-state index contributed by atoms with van der Waals surface area (Å²) in [6, 6.07) is 0. The molecule has 0 heterocycles. The third kappa shape index (κ3) is 54.9. The van der Waals surface area contributed by atoms with E-state index in [9.17, 15) is 14.4 Å². The van der Waals surface area contributed by atoms with E-state index in [4.69, 9.17) is 14.2 Å². The molecule has 392 valence electrons. The lowest BCUT2D eigenvalue weighted by Gasteiger charge is -2.18. The maximum atomic E-state index is 12.9. The van der Waals surface area contributed by atoms with Crippen molar-refractivity contribution in [3.8, 4) is 0 Å². The zero-order chi connectivity index (χ0) is 50.0. The molecule has 0 spiro atoms. The number of ether oxygens (including phenoxy) is 3. The van der Waals surface area contributed by atoms with Crippen molar-refractivity contribution in [2.75, 3.05) is 13.2 Å². The van der Waals surface area contributed by atoms with E-state index in [1.807, 2.05) is 0 Å². The van der Waals surface area contributed by atoms with Crippen LogP contribution in [-0.4, -0.2) is 37.2 Å². The summed E-state index contributed by atoms with van der Waals surface area (Å²) >= 11 is 0. The maximum absolute atomic E-state index is 12.9. The fourth-order valence-electron chi connectivity index (χ4n) is 7.54. The highest BCUT2D eigenvalue weighted by atomic mass is 16.6. The van der Waals surface area contributed by atoms with Crippen LogP contribution in [0.2, 0.25) is 0 Å². The van der Waals surface area contributed by atoms with Crippen LogP contribution in [0.5, 0.6) is 0 Å². The number of rotatable bonds is 50. The lowest BCUT2D eigenvalue weighted by molar-refractivity contribution is -0.167. The lowest BCUT2D eigenvalue weighted by atomic mass is 10.1. The summed E-state index contributed by atoms with van der Waals surface area (Å²) in [5.74, 6) is -0.935. The summed E-state index contributed by atoms with van der Waals surface area (Å²) in [5.41, 5.74) is 0. The van der Waals surface area contributed by atoms with E-state index in [1.54, 1.807) is 0 Å². The van der Waals surface area contributed by atoms with Crippen LogP contribution < -0.4 is 0 Å². The summed E-state index contributed by atoms with van der Waals surface area (Å²) in [7, 11) is 0. The number of unbranched alkanes of at least 4 members (excludes halogenated alkanes) is 21. The number of carbonyl (C=O) groups is 3. The molecule has 6 nitrogen and oxygen atoms in total.